The Morgan fingerprint density at radius 3 is 2.50 bits per heavy atom. The lowest BCUT2D eigenvalue weighted by Crippen LogP contribution is -2.12. The zero-order valence-electron chi connectivity index (χ0n) is 9.09. The molecule has 0 fully saturated rings. The van der Waals surface area contributed by atoms with Crippen LogP contribution in [0.25, 0.3) is 0 Å². The van der Waals surface area contributed by atoms with E-state index in [0.29, 0.717) is 16.6 Å². The van der Waals surface area contributed by atoms with Gasteiger partial charge in [0.1, 0.15) is 16.3 Å². The third-order valence-electron chi connectivity index (χ3n) is 1.75. The molecule has 0 atom stereocenters. The maximum absolute atomic E-state index is 5.09. The number of nitrogens with one attached hydrogen (secondary N) is 2. The SMILES string of the molecule is CC(C)Nc1cc(=S)nc(C(C)C)[nH]1. The molecule has 0 saturated heterocycles. The summed E-state index contributed by atoms with van der Waals surface area (Å²) in [5.41, 5.74) is 0. The maximum Gasteiger partial charge on any atom is 0.131 e. The number of H-pyrrole nitrogens is 1. The van der Waals surface area contributed by atoms with Crippen molar-refractivity contribution in [2.24, 2.45) is 0 Å². The van der Waals surface area contributed by atoms with Gasteiger partial charge in [0.15, 0.2) is 0 Å². The first-order valence-corrected chi connectivity index (χ1v) is 5.27. The van der Waals surface area contributed by atoms with Crippen LogP contribution in [0.3, 0.4) is 0 Å². The minimum Gasteiger partial charge on any atom is -0.369 e. The maximum atomic E-state index is 5.09. The van der Waals surface area contributed by atoms with Gasteiger partial charge in [-0.05, 0) is 13.8 Å². The van der Waals surface area contributed by atoms with Crippen LogP contribution in [0.2, 0.25) is 0 Å². The zero-order chi connectivity index (χ0) is 10.7. The number of aromatic amines is 1. The predicted octanol–water partition coefficient (Wildman–Crippen LogP) is 3.08. The molecule has 0 unspecified atom stereocenters. The second-order valence-electron chi connectivity index (χ2n) is 3.97. The highest BCUT2D eigenvalue weighted by Crippen LogP contribution is 2.12. The van der Waals surface area contributed by atoms with Gasteiger partial charge < -0.3 is 10.3 Å². The van der Waals surface area contributed by atoms with Crippen LogP contribution in [-0.4, -0.2) is 16.0 Å². The van der Waals surface area contributed by atoms with Crippen LogP contribution in [-0.2, 0) is 0 Å². The van der Waals surface area contributed by atoms with Gasteiger partial charge in [-0.2, -0.15) is 0 Å². The quantitative estimate of drug-likeness (QED) is 0.755. The van der Waals surface area contributed by atoms with E-state index >= 15 is 0 Å². The van der Waals surface area contributed by atoms with E-state index in [1.807, 2.05) is 6.07 Å². The number of hydrogen-bond acceptors (Lipinski definition) is 3. The Bertz CT molecular complexity index is 355. The third kappa shape index (κ3) is 3.10. The number of aromatic nitrogens is 2. The van der Waals surface area contributed by atoms with Crippen LogP contribution in [0.5, 0.6) is 0 Å². The highest BCUT2D eigenvalue weighted by Gasteiger charge is 2.03. The van der Waals surface area contributed by atoms with E-state index in [9.17, 15) is 0 Å². The molecule has 1 aromatic rings. The first-order chi connectivity index (χ1) is 6.49. The monoisotopic (exact) mass is 211 g/mol. The van der Waals surface area contributed by atoms with Gasteiger partial charge in [-0.3, -0.25) is 0 Å². The van der Waals surface area contributed by atoms with Gasteiger partial charge in [-0.25, -0.2) is 4.98 Å². The highest BCUT2D eigenvalue weighted by atomic mass is 32.1. The van der Waals surface area contributed by atoms with Crippen molar-refractivity contribution in [1.82, 2.24) is 9.97 Å². The van der Waals surface area contributed by atoms with E-state index in [-0.39, 0.29) is 0 Å². The van der Waals surface area contributed by atoms with Crippen LogP contribution in [0.15, 0.2) is 6.07 Å². The molecule has 0 aliphatic rings. The molecule has 0 bridgehead atoms. The van der Waals surface area contributed by atoms with E-state index in [0.717, 1.165) is 11.6 Å². The molecule has 0 aromatic carbocycles. The fraction of sp³-hybridized carbons (Fsp3) is 0.600. The number of rotatable bonds is 3. The van der Waals surface area contributed by atoms with Crippen molar-refractivity contribution in [3.63, 3.8) is 0 Å². The Hall–Kier alpha value is -0.900. The molecule has 1 aromatic heterocycles. The molecule has 14 heavy (non-hydrogen) atoms. The Kier molecular flexibility index (Phi) is 3.63. The van der Waals surface area contributed by atoms with E-state index < -0.39 is 0 Å². The standard InChI is InChI=1S/C10H17N3S/c1-6(2)10-12-8(11-7(3)4)5-9(14)13-10/h5-7H,1-4H3,(H2,11,12,13,14). The van der Waals surface area contributed by atoms with Gasteiger partial charge in [0.2, 0.25) is 0 Å². The van der Waals surface area contributed by atoms with Crippen molar-refractivity contribution in [2.45, 2.75) is 39.7 Å². The molecule has 1 heterocycles. The predicted molar refractivity (Wildman–Crippen MR) is 62.3 cm³/mol. The molecule has 0 saturated carbocycles. The highest BCUT2D eigenvalue weighted by molar-refractivity contribution is 7.71. The van der Waals surface area contributed by atoms with Crippen LogP contribution in [0.4, 0.5) is 5.82 Å². The number of anilines is 1. The Morgan fingerprint density at radius 1 is 1.36 bits per heavy atom. The average molecular weight is 211 g/mol. The number of hydrogen-bond donors (Lipinski definition) is 2. The second-order valence-corrected chi connectivity index (χ2v) is 4.39. The smallest absolute Gasteiger partial charge is 0.131 e. The molecule has 78 valence electrons. The van der Waals surface area contributed by atoms with E-state index in [2.05, 4.69) is 43.0 Å². The topological polar surface area (TPSA) is 40.7 Å². The van der Waals surface area contributed by atoms with Gasteiger partial charge in [0.05, 0.1) is 0 Å². The summed E-state index contributed by atoms with van der Waals surface area (Å²) in [5.74, 6) is 2.25. The summed E-state index contributed by atoms with van der Waals surface area (Å²) in [4.78, 5) is 7.49. The van der Waals surface area contributed by atoms with Crippen LogP contribution in [0, 0.1) is 4.64 Å². The first-order valence-electron chi connectivity index (χ1n) is 4.87. The average Bonchev–Trinajstić information content (AvgIpc) is 2.01. The summed E-state index contributed by atoms with van der Waals surface area (Å²) in [5, 5.41) is 3.28. The molecular formula is C10H17N3S. The molecule has 0 amide bonds. The molecule has 0 aliphatic heterocycles. The van der Waals surface area contributed by atoms with Crippen molar-refractivity contribution in [1.29, 1.82) is 0 Å². The Labute approximate surface area is 90.0 Å². The Balaban J connectivity index is 3.01. The summed E-state index contributed by atoms with van der Waals surface area (Å²) >= 11 is 5.09. The number of nitrogens with zero attached hydrogens (tertiary/aromatic N) is 1. The lowest BCUT2D eigenvalue weighted by Gasteiger charge is -2.12. The second kappa shape index (κ2) is 4.55. The van der Waals surface area contributed by atoms with Crippen LogP contribution < -0.4 is 5.32 Å². The van der Waals surface area contributed by atoms with Crippen LogP contribution >= 0.6 is 12.2 Å². The summed E-state index contributed by atoms with van der Waals surface area (Å²) in [7, 11) is 0. The molecule has 2 N–H and O–H groups in total. The summed E-state index contributed by atoms with van der Waals surface area (Å²) in [6.07, 6.45) is 0. The van der Waals surface area contributed by atoms with Gasteiger partial charge in [-0.1, -0.05) is 26.1 Å². The van der Waals surface area contributed by atoms with E-state index in [4.69, 9.17) is 12.2 Å². The minimum absolute atomic E-state index is 0.366. The minimum atomic E-state index is 0.366. The summed E-state index contributed by atoms with van der Waals surface area (Å²) in [6.45, 7) is 8.36. The van der Waals surface area contributed by atoms with Crippen molar-refractivity contribution < 1.29 is 0 Å². The lowest BCUT2D eigenvalue weighted by atomic mass is 10.2. The van der Waals surface area contributed by atoms with E-state index in [1.54, 1.807) is 0 Å². The molecule has 1 rings (SSSR count). The molecule has 0 radical (unpaired) electrons. The van der Waals surface area contributed by atoms with Crippen molar-refractivity contribution >= 4 is 18.0 Å². The summed E-state index contributed by atoms with van der Waals surface area (Å²) < 4.78 is 0.635. The van der Waals surface area contributed by atoms with E-state index in [1.165, 1.54) is 0 Å². The Morgan fingerprint density at radius 2 is 2.00 bits per heavy atom. The van der Waals surface area contributed by atoms with Crippen LogP contribution in [0.1, 0.15) is 39.4 Å². The normalized spacial score (nSPS) is 11.0. The van der Waals surface area contributed by atoms with Crippen molar-refractivity contribution in [2.75, 3.05) is 5.32 Å². The fourth-order valence-electron chi connectivity index (χ4n) is 1.14. The van der Waals surface area contributed by atoms with Crippen molar-refractivity contribution in [3.8, 4) is 0 Å². The largest absolute Gasteiger partial charge is 0.369 e. The zero-order valence-corrected chi connectivity index (χ0v) is 9.90. The third-order valence-corrected chi connectivity index (χ3v) is 1.96. The molecular weight excluding hydrogens is 194 g/mol. The summed E-state index contributed by atoms with van der Waals surface area (Å²) in [6, 6.07) is 2.24. The van der Waals surface area contributed by atoms with Gasteiger partial charge in [0.25, 0.3) is 0 Å². The van der Waals surface area contributed by atoms with Gasteiger partial charge in [-0.15, -0.1) is 0 Å². The lowest BCUT2D eigenvalue weighted by molar-refractivity contribution is 0.766. The van der Waals surface area contributed by atoms with Gasteiger partial charge >= 0.3 is 0 Å². The molecule has 0 spiro atoms. The van der Waals surface area contributed by atoms with Gasteiger partial charge in [0, 0.05) is 18.0 Å². The first kappa shape index (κ1) is 11.2. The molecule has 0 aliphatic carbocycles. The molecule has 3 nitrogen and oxygen atoms in total. The fourth-order valence-corrected chi connectivity index (χ4v) is 1.35. The molecule has 4 heteroatoms. The van der Waals surface area contributed by atoms with Crippen molar-refractivity contribution in [3.05, 3.63) is 16.5 Å².